The van der Waals surface area contributed by atoms with Gasteiger partial charge in [-0.1, -0.05) is 69.9 Å². The van der Waals surface area contributed by atoms with Crippen molar-refractivity contribution >= 4 is 11.9 Å². The Morgan fingerprint density at radius 1 is 0.815 bits per heavy atom. The van der Waals surface area contributed by atoms with Crippen LogP contribution < -0.4 is 0 Å². The van der Waals surface area contributed by atoms with Crippen molar-refractivity contribution < 1.29 is 19.1 Å². The lowest BCUT2D eigenvalue weighted by Crippen LogP contribution is -2.18. The SMILES string of the molecule is CCCCCCC(CCC)OC(=O)CCCCC(=O)OCc1ccccc1. The molecule has 0 aliphatic heterocycles. The zero-order valence-electron chi connectivity index (χ0n) is 17.1. The second-order valence-corrected chi connectivity index (χ2v) is 7.10. The molecule has 0 aromatic heterocycles. The van der Waals surface area contributed by atoms with E-state index in [1.54, 1.807) is 0 Å². The topological polar surface area (TPSA) is 52.6 Å². The molecular weight excluding hydrogens is 340 g/mol. The maximum absolute atomic E-state index is 12.0. The Morgan fingerprint density at radius 2 is 1.52 bits per heavy atom. The van der Waals surface area contributed by atoms with Gasteiger partial charge >= 0.3 is 11.9 Å². The Kier molecular flexibility index (Phi) is 13.1. The first-order valence-corrected chi connectivity index (χ1v) is 10.5. The van der Waals surface area contributed by atoms with Gasteiger partial charge in [0.2, 0.25) is 0 Å². The van der Waals surface area contributed by atoms with Crippen LogP contribution >= 0.6 is 0 Å². The van der Waals surface area contributed by atoms with Gasteiger partial charge < -0.3 is 9.47 Å². The minimum atomic E-state index is -0.216. The van der Waals surface area contributed by atoms with Crippen LogP contribution in [0.15, 0.2) is 30.3 Å². The van der Waals surface area contributed by atoms with Crippen LogP contribution in [0.5, 0.6) is 0 Å². The van der Waals surface area contributed by atoms with E-state index in [9.17, 15) is 9.59 Å². The van der Waals surface area contributed by atoms with Gasteiger partial charge in [0.25, 0.3) is 0 Å². The number of hydrogen-bond acceptors (Lipinski definition) is 4. The van der Waals surface area contributed by atoms with Crippen molar-refractivity contribution in [1.29, 1.82) is 0 Å². The summed E-state index contributed by atoms with van der Waals surface area (Å²) in [5.74, 6) is -0.353. The highest BCUT2D eigenvalue weighted by molar-refractivity contribution is 5.70. The smallest absolute Gasteiger partial charge is 0.306 e. The summed E-state index contributed by atoms with van der Waals surface area (Å²) in [5, 5.41) is 0. The molecule has 1 aromatic rings. The predicted octanol–water partition coefficient (Wildman–Crippen LogP) is 5.97. The second kappa shape index (κ2) is 15.2. The molecule has 0 heterocycles. The number of esters is 2. The largest absolute Gasteiger partial charge is 0.462 e. The fourth-order valence-corrected chi connectivity index (χ4v) is 2.98. The van der Waals surface area contributed by atoms with Crippen LogP contribution in [0.1, 0.15) is 90.0 Å². The molecule has 0 amide bonds. The summed E-state index contributed by atoms with van der Waals surface area (Å²) in [5.41, 5.74) is 0.982. The van der Waals surface area contributed by atoms with Gasteiger partial charge in [-0.25, -0.2) is 0 Å². The Morgan fingerprint density at radius 3 is 2.19 bits per heavy atom. The number of carbonyl (C=O) groups is 2. The van der Waals surface area contributed by atoms with E-state index in [0.29, 0.717) is 32.3 Å². The summed E-state index contributed by atoms with van der Waals surface area (Å²) < 4.78 is 10.9. The summed E-state index contributed by atoms with van der Waals surface area (Å²) in [6.45, 7) is 4.62. The number of unbranched alkanes of at least 4 members (excludes halogenated alkanes) is 4. The molecule has 27 heavy (non-hydrogen) atoms. The molecule has 152 valence electrons. The van der Waals surface area contributed by atoms with Crippen LogP contribution in [0.4, 0.5) is 0 Å². The average molecular weight is 377 g/mol. The van der Waals surface area contributed by atoms with Crippen molar-refractivity contribution in [2.75, 3.05) is 0 Å². The highest BCUT2D eigenvalue weighted by Gasteiger charge is 2.13. The van der Waals surface area contributed by atoms with Crippen LogP contribution in [0.3, 0.4) is 0 Å². The van der Waals surface area contributed by atoms with E-state index in [1.165, 1.54) is 19.3 Å². The fourth-order valence-electron chi connectivity index (χ4n) is 2.98. The van der Waals surface area contributed by atoms with Crippen molar-refractivity contribution in [3.05, 3.63) is 35.9 Å². The van der Waals surface area contributed by atoms with Crippen LogP contribution in [0, 0.1) is 0 Å². The lowest BCUT2D eigenvalue weighted by molar-refractivity contribution is -0.150. The lowest BCUT2D eigenvalue weighted by atomic mass is 10.1. The minimum absolute atomic E-state index is 0.0511. The fraction of sp³-hybridized carbons (Fsp3) is 0.652. The van der Waals surface area contributed by atoms with Gasteiger partial charge in [-0.3, -0.25) is 9.59 Å². The molecule has 0 N–H and O–H groups in total. The van der Waals surface area contributed by atoms with Crippen molar-refractivity contribution in [2.45, 2.75) is 97.2 Å². The molecule has 0 saturated heterocycles. The lowest BCUT2D eigenvalue weighted by Gasteiger charge is -2.17. The quantitative estimate of drug-likeness (QED) is 0.279. The molecule has 1 aromatic carbocycles. The van der Waals surface area contributed by atoms with E-state index in [1.807, 2.05) is 30.3 Å². The molecule has 0 aliphatic rings. The third-order valence-corrected chi connectivity index (χ3v) is 4.54. The van der Waals surface area contributed by atoms with E-state index in [4.69, 9.17) is 9.47 Å². The van der Waals surface area contributed by atoms with Crippen molar-refractivity contribution in [1.82, 2.24) is 0 Å². The average Bonchev–Trinajstić information content (AvgIpc) is 2.68. The van der Waals surface area contributed by atoms with Crippen molar-refractivity contribution in [3.63, 3.8) is 0 Å². The molecule has 0 spiro atoms. The Bertz CT molecular complexity index is 512. The predicted molar refractivity (Wildman–Crippen MR) is 108 cm³/mol. The number of hydrogen-bond donors (Lipinski definition) is 0. The van der Waals surface area contributed by atoms with E-state index >= 15 is 0 Å². The molecule has 0 saturated carbocycles. The first-order valence-electron chi connectivity index (χ1n) is 10.5. The van der Waals surface area contributed by atoms with Crippen LogP contribution in [0.2, 0.25) is 0 Å². The highest BCUT2D eigenvalue weighted by atomic mass is 16.5. The third-order valence-electron chi connectivity index (χ3n) is 4.54. The molecule has 0 fully saturated rings. The van der Waals surface area contributed by atoms with Gasteiger partial charge in [-0.2, -0.15) is 0 Å². The standard InChI is InChI=1S/C23H36O4/c1-3-5-6-10-16-21(13-4-2)27-23(25)18-12-11-17-22(24)26-19-20-14-8-7-9-15-20/h7-9,14-15,21H,3-6,10-13,16-19H2,1-2H3. The molecule has 1 unspecified atom stereocenters. The first kappa shape index (κ1) is 23.2. The second-order valence-electron chi connectivity index (χ2n) is 7.10. The van der Waals surface area contributed by atoms with Crippen LogP contribution in [-0.4, -0.2) is 18.0 Å². The summed E-state index contributed by atoms with van der Waals surface area (Å²) in [7, 11) is 0. The number of benzene rings is 1. The molecule has 0 bridgehead atoms. The Hall–Kier alpha value is -1.84. The minimum Gasteiger partial charge on any atom is -0.462 e. The molecule has 1 atom stereocenters. The Labute approximate surface area is 164 Å². The monoisotopic (exact) mass is 376 g/mol. The normalized spacial score (nSPS) is 11.8. The molecule has 4 nitrogen and oxygen atoms in total. The Balaban J connectivity index is 2.12. The van der Waals surface area contributed by atoms with Crippen LogP contribution in [-0.2, 0) is 25.7 Å². The van der Waals surface area contributed by atoms with Gasteiger partial charge in [0.15, 0.2) is 0 Å². The highest BCUT2D eigenvalue weighted by Crippen LogP contribution is 2.15. The maximum Gasteiger partial charge on any atom is 0.306 e. The summed E-state index contributed by atoms with van der Waals surface area (Å²) in [6, 6.07) is 9.63. The van der Waals surface area contributed by atoms with E-state index in [2.05, 4.69) is 13.8 Å². The molecule has 0 radical (unpaired) electrons. The molecular formula is C23H36O4. The van der Waals surface area contributed by atoms with Crippen LogP contribution in [0.25, 0.3) is 0 Å². The van der Waals surface area contributed by atoms with E-state index in [-0.39, 0.29) is 18.0 Å². The number of carbonyl (C=O) groups excluding carboxylic acids is 2. The summed E-state index contributed by atoms with van der Waals surface area (Å²) in [4.78, 5) is 23.8. The summed E-state index contributed by atoms with van der Waals surface area (Å²) in [6.07, 6.45) is 9.80. The maximum atomic E-state index is 12.0. The van der Waals surface area contributed by atoms with Gasteiger partial charge in [-0.05, 0) is 37.7 Å². The zero-order valence-corrected chi connectivity index (χ0v) is 17.1. The first-order chi connectivity index (χ1) is 13.2. The number of ether oxygens (including phenoxy) is 2. The van der Waals surface area contributed by atoms with Gasteiger partial charge in [0.05, 0.1) is 0 Å². The van der Waals surface area contributed by atoms with Gasteiger partial charge in [0.1, 0.15) is 12.7 Å². The van der Waals surface area contributed by atoms with E-state index < -0.39 is 0 Å². The molecule has 0 aliphatic carbocycles. The zero-order chi connectivity index (χ0) is 19.7. The van der Waals surface area contributed by atoms with Crippen molar-refractivity contribution in [3.8, 4) is 0 Å². The van der Waals surface area contributed by atoms with Crippen molar-refractivity contribution in [2.24, 2.45) is 0 Å². The third kappa shape index (κ3) is 12.2. The summed E-state index contributed by atoms with van der Waals surface area (Å²) >= 11 is 0. The number of rotatable bonds is 15. The van der Waals surface area contributed by atoms with Gasteiger partial charge in [0, 0.05) is 12.8 Å². The van der Waals surface area contributed by atoms with E-state index in [0.717, 1.165) is 31.2 Å². The molecule has 1 rings (SSSR count). The van der Waals surface area contributed by atoms with Gasteiger partial charge in [-0.15, -0.1) is 0 Å². The molecule has 4 heteroatoms.